The summed E-state index contributed by atoms with van der Waals surface area (Å²) in [5, 5.41) is 4.06. The fraction of sp³-hybridized carbons (Fsp3) is 0.625. The molecule has 1 rings (SSSR count). The molecule has 1 aromatic heterocycles. The third kappa shape index (κ3) is 2.27. The Labute approximate surface area is 87.6 Å². The zero-order chi connectivity index (χ0) is 10.6. The number of nitrogens with one attached hydrogen (secondary N) is 1. The number of hydrogen-bond acceptors (Lipinski definition) is 5. The second-order valence-electron chi connectivity index (χ2n) is 3.11. The largest absolute Gasteiger partial charge is 0.307 e. The lowest BCUT2D eigenvalue weighted by atomic mass is 10.1. The molecular weight excluding hydrogens is 198 g/mol. The van der Waals surface area contributed by atoms with Crippen LogP contribution in [0.3, 0.4) is 0 Å². The van der Waals surface area contributed by atoms with Gasteiger partial charge in [-0.15, -0.1) is 5.10 Å². The number of hydrazine groups is 1. The number of hydrogen-bond donors (Lipinski definition) is 2. The average Bonchev–Trinajstić information content (AvgIpc) is 2.62. The molecule has 0 aliphatic carbocycles. The maximum atomic E-state index is 5.39. The molecule has 1 aromatic rings. The van der Waals surface area contributed by atoms with E-state index >= 15 is 0 Å². The van der Waals surface area contributed by atoms with Crippen molar-refractivity contribution in [3.63, 3.8) is 0 Å². The summed E-state index contributed by atoms with van der Waals surface area (Å²) in [5.41, 5.74) is 3.53. The standard InChI is InChI=1S/C8H15N5S/c1-4-10-8(11-9)7-6(5(2)3)12-13-14-7/h5H,4,9H2,1-3H3,(H,10,11). The molecule has 1 heterocycles. The molecular formula is C8H15N5S. The number of rotatable bonds is 3. The van der Waals surface area contributed by atoms with Gasteiger partial charge in [0.1, 0.15) is 4.88 Å². The van der Waals surface area contributed by atoms with Crippen LogP contribution in [-0.4, -0.2) is 22.0 Å². The fourth-order valence-electron chi connectivity index (χ4n) is 1.08. The van der Waals surface area contributed by atoms with Crippen LogP contribution in [0.15, 0.2) is 4.99 Å². The van der Waals surface area contributed by atoms with Crippen LogP contribution >= 0.6 is 11.5 Å². The smallest absolute Gasteiger partial charge is 0.156 e. The van der Waals surface area contributed by atoms with Gasteiger partial charge in [0.25, 0.3) is 0 Å². The van der Waals surface area contributed by atoms with Crippen molar-refractivity contribution in [2.45, 2.75) is 26.7 Å². The first-order valence-electron chi connectivity index (χ1n) is 4.54. The van der Waals surface area contributed by atoms with E-state index in [4.69, 9.17) is 5.84 Å². The number of amidine groups is 1. The maximum Gasteiger partial charge on any atom is 0.156 e. The minimum atomic E-state index is 0.333. The highest BCUT2D eigenvalue weighted by molar-refractivity contribution is 7.08. The third-order valence-electron chi connectivity index (χ3n) is 1.73. The van der Waals surface area contributed by atoms with Crippen molar-refractivity contribution in [1.82, 2.24) is 15.0 Å². The van der Waals surface area contributed by atoms with Gasteiger partial charge in [-0.3, -0.25) is 4.99 Å². The van der Waals surface area contributed by atoms with E-state index in [9.17, 15) is 0 Å². The average molecular weight is 213 g/mol. The molecule has 0 aliphatic rings. The summed E-state index contributed by atoms with van der Waals surface area (Å²) in [6, 6.07) is 0. The monoisotopic (exact) mass is 213 g/mol. The fourth-order valence-corrected chi connectivity index (χ4v) is 1.87. The molecule has 0 saturated carbocycles. The molecule has 5 nitrogen and oxygen atoms in total. The van der Waals surface area contributed by atoms with Crippen molar-refractivity contribution in [3.8, 4) is 0 Å². The first-order valence-corrected chi connectivity index (χ1v) is 5.31. The lowest BCUT2D eigenvalue weighted by Gasteiger charge is -2.05. The van der Waals surface area contributed by atoms with Crippen LogP contribution in [0.25, 0.3) is 0 Å². The van der Waals surface area contributed by atoms with Gasteiger partial charge in [0.15, 0.2) is 5.84 Å². The van der Waals surface area contributed by atoms with Gasteiger partial charge in [-0.1, -0.05) is 18.3 Å². The molecule has 0 saturated heterocycles. The van der Waals surface area contributed by atoms with Crippen LogP contribution in [0.2, 0.25) is 0 Å². The summed E-state index contributed by atoms with van der Waals surface area (Å²) in [4.78, 5) is 5.17. The van der Waals surface area contributed by atoms with Crippen LogP contribution < -0.4 is 11.3 Å². The summed E-state index contributed by atoms with van der Waals surface area (Å²) in [6.07, 6.45) is 0. The number of nitrogens with two attached hydrogens (primary N) is 1. The van der Waals surface area contributed by atoms with E-state index in [0.29, 0.717) is 18.3 Å². The lowest BCUT2D eigenvalue weighted by molar-refractivity contribution is 0.807. The van der Waals surface area contributed by atoms with Crippen LogP contribution in [0.5, 0.6) is 0 Å². The van der Waals surface area contributed by atoms with E-state index in [-0.39, 0.29) is 0 Å². The second kappa shape index (κ2) is 5.02. The van der Waals surface area contributed by atoms with Gasteiger partial charge in [-0.2, -0.15) is 0 Å². The Hall–Kier alpha value is -1.01. The number of aliphatic imine (C=N–C) groups is 1. The van der Waals surface area contributed by atoms with Crippen molar-refractivity contribution in [2.24, 2.45) is 10.8 Å². The van der Waals surface area contributed by atoms with E-state index in [2.05, 4.69) is 33.9 Å². The first-order chi connectivity index (χ1) is 6.70. The summed E-state index contributed by atoms with van der Waals surface area (Å²) in [6.45, 7) is 6.79. The van der Waals surface area contributed by atoms with Crippen molar-refractivity contribution >= 4 is 17.4 Å². The van der Waals surface area contributed by atoms with E-state index in [1.54, 1.807) is 0 Å². The zero-order valence-corrected chi connectivity index (χ0v) is 9.43. The topological polar surface area (TPSA) is 76.2 Å². The van der Waals surface area contributed by atoms with E-state index < -0.39 is 0 Å². The van der Waals surface area contributed by atoms with Crippen LogP contribution in [-0.2, 0) is 0 Å². The van der Waals surface area contributed by atoms with Crippen molar-refractivity contribution < 1.29 is 0 Å². The van der Waals surface area contributed by atoms with Crippen molar-refractivity contribution in [3.05, 3.63) is 10.6 Å². The van der Waals surface area contributed by atoms with Crippen LogP contribution in [0.1, 0.15) is 37.3 Å². The molecule has 0 fully saturated rings. The van der Waals surface area contributed by atoms with Gasteiger partial charge in [0, 0.05) is 6.54 Å². The summed E-state index contributed by atoms with van der Waals surface area (Å²) < 4.78 is 3.91. The van der Waals surface area contributed by atoms with Crippen molar-refractivity contribution in [2.75, 3.05) is 6.54 Å². The van der Waals surface area contributed by atoms with E-state index in [0.717, 1.165) is 10.6 Å². The quantitative estimate of drug-likeness (QED) is 0.338. The van der Waals surface area contributed by atoms with Gasteiger partial charge < -0.3 is 5.43 Å². The Morgan fingerprint density at radius 1 is 1.64 bits per heavy atom. The molecule has 0 spiro atoms. The van der Waals surface area contributed by atoms with Crippen LogP contribution in [0, 0.1) is 0 Å². The SMILES string of the molecule is CCN=C(NN)c1snnc1C(C)C. The Morgan fingerprint density at radius 2 is 2.36 bits per heavy atom. The van der Waals surface area contributed by atoms with Gasteiger partial charge >= 0.3 is 0 Å². The van der Waals surface area contributed by atoms with E-state index in [1.165, 1.54) is 11.5 Å². The van der Waals surface area contributed by atoms with Crippen molar-refractivity contribution in [1.29, 1.82) is 0 Å². The third-order valence-corrected chi connectivity index (χ3v) is 2.48. The Kier molecular flexibility index (Phi) is 3.97. The molecule has 0 radical (unpaired) electrons. The minimum absolute atomic E-state index is 0.333. The molecule has 0 atom stereocenters. The lowest BCUT2D eigenvalue weighted by Crippen LogP contribution is -2.31. The predicted octanol–water partition coefficient (Wildman–Crippen LogP) is 0.891. The highest BCUT2D eigenvalue weighted by Gasteiger charge is 2.15. The van der Waals surface area contributed by atoms with Gasteiger partial charge in [0.2, 0.25) is 0 Å². The maximum absolute atomic E-state index is 5.39. The molecule has 6 heteroatoms. The first kappa shape index (κ1) is 11.1. The Morgan fingerprint density at radius 3 is 2.86 bits per heavy atom. The van der Waals surface area contributed by atoms with E-state index in [1.807, 2.05) is 6.92 Å². The highest BCUT2D eigenvalue weighted by atomic mass is 32.1. The van der Waals surface area contributed by atoms with Gasteiger partial charge in [0.05, 0.1) is 5.69 Å². The molecule has 0 amide bonds. The molecule has 0 unspecified atom stereocenters. The Bertz CT molecular complexity index is 317. The summed E-state index contributed by atoms with van der Waals surface area (Å²) in [5.74, 6) is 6.39. The second-order valence-corrected chi connectivity index (χ2v) is 3.86. The van der Waals surface area contributed by atoms with Gasteiger partial charge in [-0.25, -0.2) is 5.84 Å². The minimum Gasteiger partial charge on any atom is -0.307 e. The summed E-state index contributed by atoms with van der Waals surface area (Å²) >= 11 is 1.32. The normalized spacial score (nSPS) is 12.2. The molecule has 78 valence electrons. The highest BCUT2D eigenvalue weighted by Crippen LogP contribution is 2.19. The summed E-state index contributed by atoms with van der Waals surface area (Å²) in [7, 11) is 0. The van der Waals surface area contributed by atoms with Crippen LogP contribution in [0.4, 0.5) is 0 Å². The molecule has 0 aromatic carbocycles. The predicted molar refractivity (Wildman–Crippen MR) is 58.4 cm³/mol. The van der Waals surface area contributed by atoms with Gasteiger partial charge in [-0.05, 0) is 24.4 Å². The number of aromatic nitrogens is 2. The number of nitrogens with zero attached hydrogens (tertiary/aromatic N) is 3. The zero-order valence-electron chi connectivity index (χ0n) is 8.61. The molecule has 3 N–H and O–H groups in total. The molecule has 14 heavy (non-hydrogen) atoms. The Balaban J connectivity index is 3.04. The molecule has 0 aliphatic heterocycles. The molecule has 0 bridgehead atoms.